The van der Waals surface area contributed by atoms with Crippen molar-refractivity contribution in [1.29, 1.82) is 0 Å². The van der Waals surface area contributed by atoms with Gasteiger partial charge in [0.25, 0.3) is 0 Å². The molecule has 1 aliphatic carbocycles. The maximum Gasteiger partial charge on any atom is 0.420 e. The van der Waals surface area contributed by atoms with Crippen LogP contribution in [0.25, 0.3) is 0 Å². The van der Waals surface area contributed by atoms with E-state index in [9.17, 15) is 35.1 Å². The predicted molar refractivity (Wildman–Crippen MR) is 98.3 cm³/mol. The number of benzene rings is 1. The molecule has 0 aliphatic heterocycles. The van der Waals surface area contributed by atoms with Crippen molar-refractivity contribution >= 4 is 0 Å². The zero-order chi connectivity index (χ0) is 23.6. The zero-order valence-electron chi connectivity index (χ0n) is 17.5. The molecule has 0 amide bonds. The van der Waals surface area contributed by atoms with Gasteiger partial charge in [-0.3, -0.25) is 0 Å². The van der Waals surface area contributed by atoms with E-state index in [0.29, 0.717) is 18.9 Å². The first-order valence-corrected chi connectivity index (χ1v) is 10.2. The summed E-state index contributed by atoms with van der Waals surface area (Å²) in [5, 5.41) is 0. The number of hydrogen-bond acceptors (Lipinski definition) is 2. The number of alkyl halides is 8. The van der Waals surface area contributed by atoms with Crippen molar-refractivity contribution in [2.75, 3.05) is 6.61 Å². The summed E-state index contributed by atoms with van der Waals surface area (Å²) in [4.78, 5) is 0. The molecule has 0 atom stereocenters. The molecule has 1 saturated carbocycles. The van der Waals surface area contributed by atoms with E-state index in [-0.39, 0.29) is 25.4 Å². The van der Waals surface area contributed by atoms with Gasteiger partial charge in [0.2, 0.25) is 0 Å². The molecule has 0 unspecified atom stereocenters. The Hall–Kier alpha value is -1.74. The molecule has 31 heavy (non-hydrogen) atoms. The molecule has 0 heterocycles. The molecule has 1 fully saturated rings. The average molecular weight is 462 g/mol. The lowest BCUT2D eigenvalue weighted by Crippen LogP contribution is -2.38. The summed E-state index contributed by atoms with van der Waals surface area (Å²) >= 11 is 0. The van der Waals surface area contributed by atoms with Gasteiger partial charge < -0.3 is 9.47 Å². The van der Waals surface area contributed by atoms with Gasteiger partial charge in [0.15, 0.2) is 0 Å². The van der Waals surface area contributed by atoms with E-state index in [1.165, 1.54) is 6.92 Å². The predicted octanol–water partition coefficient (Wildman–Crippen LogP) is 8.01. The fourth-order valence-electron chi connectivity index (χ4n) is 4.14. The van der Waals surface area contributed by atoms with Crippen LogP contribution in [0.1, 0.15) is 69.1 Å². The van der Waals surface area contributed by atoms with Gasteiger partial charge in [0, 0.05) is 0 Å². The van der Waals surface area contributed by atoms with Gasteiger partial charge in [0.1, 0.15) is 22.6 Å². The number of aryl methyl sites for hydroxylation is 1. The van der Waals surface area contributed by atoms with Gasteiger partial charge in [-0.2, -0.15) is 35.1 Å². The zero-order valence-corrected chi connectivity index (χ0v) is 17.5. The van der Waals surface area contributed by atoms with Crippen LogP contribution in [0, 0.1) is 18.8 Å². The SMILES string of the molecule is CCCC1CCC(C(F)(F)Oc2c(C)cc(OCC)c(C(F)(F)F)c2C(F)(F)F)CC1. The minimum absolute atomic E-state index is 0.0290. The Morgan fingerprint density at radius 1 is 0.871 bits per heavy atom. The molecule has 0 bridgehead atoms. The molecule has 1 aliphatic rings. The molecule has 0 N–H and O–H groups in total. The van der Waals surface area contributed by atoms with E-state index in [1.807, 2.05) is 6.92 Å². The number of rotatable bonds is 7. The smallest absolute Gasteiger partial charge is 0.420 e. The molecule has 0 aromatic heterocycles. The average Bonchev–Trinajstić information content (AvgIpc) is 2.62. The second-order valence-electron chi connectivity index (χ2n) is 7.87. The van der Waals surface area contributed by atoms with Crippen LogP contribution in [0.2, 0.25) is 0 Å². The Kier molecular flexibility index (Phi) is 7.74. The van der Waals surface area contributed by atoms with Gasteiger partial charge >= 0.3 is 18.5 Å². The standard InChI is InChI=1S/C21H26F8O2/c1-4-6-13-7-9-14(10-8-13)21(28,29)31-18-12(3)11-15(30-5-2)16(19(22,23)24)17(18)20(25,26)27/h11,13-14H,4-10H2,1-3H3. The van der Waals surface area contributed by atoms with Crippen molar-refractivity contribution in [3.05, 3.63) is 22.8 Å². The Morgan fingerprint density at radius 2 is 1.42 bits per heavy atom. The lowest BCUT2D eigenvalue weighted by Gasteiger charge is -2.34. The third-order valence-electron chi connectivity index (χ3n) is 5.55. The summed E-state index contributed by atoms with van der Waals surface area (Å²) in [5.41, 5.74) is -4.96. The van der Waals surface area contributed by atoms with Crippen molar-refractivity contribution in [1.82, 2.24) is 0 Å². The minimum Gasteiger partial charge on any atom is -0.493 e. The summed E-state index contributed by atoms with van der Waals surface area (Å²) in [6, 6.07) is 0.658. The topological polar surface area (TPSA) is 18.5 Å². The summed E-state index contributed by atoms with van der Waals surface area (Å²) in [5.74, 6) is -3.70. The summed E-state index contributed by atoms with van der Waals surface area (Å²) < 4.78 is 121. The number of hydrogen-bond donors (Lipinski definition) is 0. The van der Waals surface area contributed by atoms with E-state index >= 15 is 0 Å². The van der Waals surface area contributed by atoms with Crippen molar-refractivity contribution in [3.8, 4) is 11.5 Å². The second-order valence-corrected chi connectivity index (χ2v) is 7.87. The minimum atomic E-state index is -5.59. The molecule has 0 saturated heterocycles. The molecule has 2 rings (SSSR count). The Labute approximate surface area is 175 Å². The fraction of sp³-hybridized carbons (Fsp3) is 0.714. The van der Waals surface area contributed by atoms with Crippen LogP contribution in [-0.2, 0) is 12.4 Å². The molecule has 2 nitrogen and oxygen atoms in total. The van der Waals surface area contributed by atoms with Gasteiger partial charge in [-0.15, -0.1) is 0 Å². The van der Waals surface area contributed by atoms with Crippen molar-refractivity contribution < 1.29 is 44.6 Å². The van der Waals surface area contributed by atoms with Crippen LogP contribution in [0.15, 0.2) is 6.07 Å². The van der Waals surface area contributed by atoms with Crippen LogP contribution in [0.3, 0.4) is 0 Å². The highest BCUT2D eigenvalue weighted by atomic mass is 19.4. The Bertz CT molecular complexity index is 747. The van der Waals surface area contributed by atoms with Crippen LogP contribution < -0.4 is 9.47 Å². The molecular formula is C21H26F8O2. The van der Waals surface area contributed by atoms with Crippen LogP contribution in [-0.4, -0.2) is 12.7 Å². The maximum absolute atomic E-state index is 14.8. The van der Waals surface area contributed by atoms with Gasteiger partial charge in [0.05, 0.1) is 12.5 Å². The third kappa shape index (κ3) is 5.94. The second kappa shape index (κ2) is 9.40. The lowest BCUT2D eigenvalue weighted by atomic mass is 9.79. The first-order chi connectivity index (χ1) is 14.2. The highest BCUT2D eigenvalue weighted by Crippen LogP contribution is 2.52. The lowest BCUT2D eigenvalue weighted by molar-refractivity contribution is -0.227. The number of ether oxygens (including phenoxy) is 2. The molecule has 10 heteroatoms. The Morgan fingerprint density at radius 3 is 1.87 bits per heavy atom. The van der Waals surface area contributed by atoms with Crippen molar-refractivity contribution in [2.45, 2.75) is 77.8 Å². The highest BCUT2D eigenvalue weighted by Gasteiger charge is 2.51. The Balaban J connectivity index is 2.50. The van der Waals surface area contributed by atoms with E-state index in [2.05, 4.69) is 4.74 Å². The molecular weight excluding hydrogens is 436 g/mol. The van der Waals surface area contributed by atoms with E-state index in [0.717, 1.165) is 19.8 Å². The summed E-state index contributed by atoms with van der Waals surface area (Å²) in [6.07, 6.45) is -12.4. The van der Waals surface area contributed by atoms with Crippen LogP contribution in [0.5, 0.6) is 11.5 Å². The van der Waals surface area contributed by atoms with Gasteiger partial charge in [-0.05, 0) is 57.1 Å². The first-order valence-electron chi connectivity index (χ1n) is 10.2. The van der Waals surface area contributed by atoms with Gasteiger partial charge in [-0.1, -0.05) is 19.8 Å². The highest BCUT2D eigenvalue weighted by molar-refractivity contribution is 5.56. The quantitative estimate of drug-likeness (QED) is 0.382. The first kappa shape index (κ1) is 25.5. The molecule has 1 aromatic rings. The molecule has 0 spiro atoms. The molecule has 1 aromatic carbocycles. The maximum atomic E-state index is 14.8. The monoisotopic (exact) mass is 462 g/mol. The van der Waals surface area contributed by atoms with Crippen molar-refractivity contribution in [3.63, 3.8) is 0 Å². The molecule has 178 valence electrons. The van der Waals surface area contributed by atoms with Crippen LogP contribution >= 0.6 is 0 Å². The summed E-state index contributed by atoms with van der Waals surface area (Å²) in [6.45, 7) is 3.92. The van der Waals surface area contributed by atoms with Crippen LogP contribution in [0.4, 0.5) is 35.1 Å². The normalized spacial score (nSPS) is 20.6. The van der Waals surface area contributed by atoms with E-state index in [4.69, 9.17) is 4.74 Å². The molecule has 0 radical (unpaired) electrons. The summed E-state index contributed by atoms with van der Waals surface area (Å²) in [7, 11) is 0. The van der Waals surface area contributed by atoms with E-state index in [1.54, 1.807) is 0 Å². The fourth-order valence-corrected chi connectivity index (χ4v) is 4.14. The third-order valence-corrected chi connectivity index (χ3v) is 5.55. The number of halogens is 8. The largest absolute Gasteiger partial charge is 0.493 e. The van der Waals surface area contributed by atoms with Gasteiger partial charge in [-0.25, -0.2) is 0 Å². The van der Waals surface area contributed by atoms with E-state index < -0.39 is 52.6 Å². The van der Waals surface area contributed by atoms with Crippen molar-refractivity contribution in [2.24, 2.45) is 11.8 Å².